The second-order valence-electron chi connectivity index (χ2n) is 3.49. The molecule has 1 rings (SSSR count). The van der Waals surface area contributed by atoms with E-state index in [4.69, 9.17) is 5.41 Å². The van der Waals surface area contributed by atoms with E-state index in [9.17, 15) is 0 Å². The Kier molecular flexibility index (Phi) is 3.53. The molecule has 0 bridgehead atoms. The van der Waals surface area contributed by atoms with Crippen molar-refractivity contribution in [3.63, 3.8) is 0 Å². The lowest BCUT2D eigenvalue weighted by atomic mass is 10.2. The lowest BCUT2D eigenvalue weighted by Gasteiger charge is -2.34. The Balaban J connectivity index is 2.29. The topological polar surface area (TPSA) is 30.3 Å². The normalized spacial score (nSPS) is 19.7. The minimum Gasteiger partial charge on any atom is -0.358 e. The number of amidine groups is 1. The SMILES string of the molecule is CCCC(=N)N1CCN(C)CC1. The summed E-state index contributed by atoms with van der Waals surface area (Å²) in [4.78, 5) is 4.51. The lowest BCUT2D eigenvalue weighted by molar-refractivity contribution is 0.212. The van der Waals surface area contributed by atoms with Crippen LogP contribution in [0.1, 0.15) is 19.8 Å². The maximum atomic E-state index is 7.76. The van der Waals surface area contributed by atoms with Crippen molar-refractivity contribution in [1.29, 1.82) is 5.41 Å². The van der Waals surface area contributed by atoms with Crippen LogP contribution >= 0.6 is 0 Å². The van der Waals surface area contributed by atoms with Crippen LogP contribution in [-0.4, -0.2) is 48.9 Å². The molecule has 3 nitrogen and oxygen atoms in total. The number of nitrogens with zero attached hydrogens (tertiary/aromatic N) is 2. The fraction of sp³-hybridized carbons (Fsp3) is 0.889. The summed E-state index contributed by atoms with van der Waals surface area (Å²) in [5, 5.41) is 7.76. The van der Waals surface area contributed by atoms with Gasteiger partial charge in [0.25, 0.3) is 0 Å². The second-order valence-corrected chi connectivity index (χ2v) is 3.49. The minimum absolute atomic E-state index is 0.825. The first-order chi connectivity index (χ1) is 5.74. The number of hydrogen-bond donors (Lipinski definition) is 1. The highest BCUT2D eigenvalue weighted by molar-refractivity contribution is 5.79. The van der Waals surface area contributed by atoms with E-state index in [-0.39, 0.29) is 0 Å². The van der Waals surface area contributed by atoms with Crippen LogP contribution in [-0.2, 0) is 0 Å². The number of piperazine rings is 1. The van der Waals surface area contributed by atoms with E-state index >= 15 is 0 Å². The van der Waals surface area contributed by atoms with Crippen LogP contribution in [0, 0.1) is 5.41 Å². The summed E-state index contributed by atoms with van der Waals surface area (Å²) < 4.78 is 0. The van der Waals surface area contributed by atoms with Gasteiger partial charge in [-0.05, 0) is 13.5 Å². The van der Waals surface area contributed by atoms with Crippen LogP contribution in [0.2, 0.25) is 0 Å². The summed E-state index contributed by atoms with van der Waals surface area (Å²) in [5.41, 5.74) is 0. The summed E-state index contributed by atoms with van der Waals surface area (Å²) in [6.45, 7) is 6.41. The molecule has 0 aromatic heterocycles. The zero-order valence-electron chi connectivity index (χ0n) is 8.14. The number of hydrogen-bond acceptors (Lipinski definition) is 2. The molecule has 0 radical (unpaired) electrons. The Morgan fingerprint density at radius 1 is 1.25 bits per heavy atom. The van der Waals surface area contributed by atoms with Crippen molar-refractivity contribution in [3.8, 4) is 0 Å². The van der Waals surface area contributed by atoms with Gasteiger partial charge in [0.2, 0.25) is 0 Å². The maximum absolute atomic E-state index is 7.76. The minimum atomic E-state index is 0.825. The van der Waals surface area contributed by atoms with Crippen molar-refractivity contribution < 1.29 is 0 Å². The molecule has 1 aliphatic heterocycles. The molecule has 1 aliphatic rings. The zero-order chi connectivity index (χ0) is 8.97. The van der Waals surface area contributed by atoms with Crippen LogP contribution in [0.3, 0.4) is 0 Å². The van der Waals surface area contributed by atoms with Crippen molar-refractivity contribution >= 4 is 5.84 Å². The van der Waals surface area contributed by atoms with Crippen LogP contribution < -0.4 is 0 Å². The first-order valence-corrected chi connectivity index (χ1v) is 4.75. The third kappa shape index (κ3) is 2.48. The largest absolute Gasteiger partial charge is 0.358 e. The Morgan fingerprint density at radius 2 is 1.83 bits per heavy atom. The van der Waals surface area contributed by atoms with Crippen LogP contribution in [0.4, 0.5) is 0 Å². The van der Waals surface area contributed by atoms with Gasteiger partial charge >= 0.3 is 0 Å². The van der Waals surface area contributed by atoms with E-state index < -0.39 is 0 Å². The molecule has 1 fully saturated rings. The molecule has 0 atom stereocenters. The van der Waals surface area contributed by atoms with E-state index in [1.807, 2.05) is 0 Å². The lowest BCUT2D eigenvalue weighted by Crippen LogP contribution is -2.46. The standard InChI is InChI=1S/C9H19N3/c1-3-4-9(10)12-7-5-11(2)6-8-12/h10H,3-8H2,1-2H3. The van der Waals surface area contributed by atoms with Crippen molar-refractivity contribution in [1.82, 2.24) is 9.80 Å². The van der Waals surface area contributed by atoms with Gasteiger partial charge in [-0.25, -0.2) is 0 Å². The first kappa shape index (κ1) is 9.52. The molecule has 1 heterocycles. The van der Waals surface area contributed by atoms with Gasteiger partial charge in [-0.2, -0.15) is 0 Å². The smallest absolute Gasteiger partial charge is 0.0958 e. The van der Waals surface area contributed by atoms with Gasteiger partial charge < -0.3 is 9.80 Å². The van der Waals surface area contributed by atoms with E-state index in [1.165, 1.54) is 0 Å². The van der Waals surface area contributed by atoms with Crippen LogP contribution in [0.15, 0.2) is 0 Å². The quantitative estimate of drug-likeness (QED) is 0.494. The van der Waals surface area contributed by atoms with Gasteiger partial charge in [0, 0.05) is 32.6 Å². The van der Waals surface area contributed by atoms with E-state index in [0.717, 1.165) is 44.9 Å². The highest BCUT2D eigenvalue weighted by Gasteiger charge is 2.14. The predicted octanol–water partition coefficient (Wildman–Crippen LogP) is 1.01. The summed E-state index contributed by atoms with van der Waals surface area (Å²) in [6, 6.07) is 0. The second kappa shape index (κ2) is 4.45. The van der Waals surface area contributed by atoms with Gasteiger partial charge in [-0.1, -0.05) is 6.92 Å². The molecule has 0 spiro atoms. The van der Waals surface area contributed by atoms with Crippen molar-refractivity contribution in [3.05, 3.63) is 0 Å². The molecule has 3 heteroatoms. The molecule has 0 aromatic rings. The Labute approximate surface area is 74.9 Å². The Morgan fingerprint density at radius 3 is 2.33 bits per heavy atom. The molecule has 70 valence electrons. The van der Waals surface area contributed by atoms with E-state index in [2.05, 4.69) is 23.8 Å². The number of nitrogens with one attached hydrogen (secondary N) is 1. The predicted molar refractivity (Wildman–Crippen MR) is 51.7 cm³/mol. The molecule has 0 unspecified atom stereocenters. The maximum Gasteiger partial charge on any atom is 0.0958 e. The number of rotatable bonds is 2. The highest BCUT2D eigenvalue weighted by Crippen LogP contribution is 2.03. The first-order valence-electron chi connectivity index (χ1n) is 4.75. The van der Waals surface area contributed by atoms with Gasteiger partial charge in [0.05, 0.1) is 5.84 Å². The third-order valence-electron chi connectivity index (χ3n) is 2.37. The Bertz CT molecular complexity index is 148. The molecule has 12 heavy (non-hydrogen) atoms. The molecule has 0 aromatic carbocycles. The molecule has 1 saturated heterocycles. The van der Waals surface area contributed by atoms with E-state index in [1.54, 1.807) is 0 Å². The van der Waals surface area contributed by atoms with Crippen molar-refractivity contribution in [2.24, 2.45) is 0 Å². The molecule has 1 N–H and O–H groups in total. The van der Waals surface area contributed by atoms with Gasteiger partial charge in [-0.15, -0.1) is 0 Å². The molecule has 0 saturated carbocycles. The van der Waals surface area contributed by atoms with Gasteiger partial charge in [0.15, 0.2) is 0 Å². The monoisotopic (exact) mass is 169 g/mol. The molecular weight excluding hydrogens is 150 g/mol. The molecule has 0 aliphatic carbocycles. The molecular formula is C9H19N3. The zero-order valence-corrected chi connectivity index (χ0v) is 8.14. The van der Waals surface area contributed by atoms with Gasteiger partial charge in [0.1, 0.15) is 0 Å². The summed E-state index contributed by atoms with van der Waals surface area (Å²) in [7, 11) is 2.14. The van der Waals surface area contributed by atoms with Crippen molar-refractivity contribution in [2.45, 2.75) is 19.8 Å². The Hall–Kier alpha value is -0.570. The van der Waals surface area contributed by atoms with Gasteiger partial charge in [-0.3, -0.25) is 5.41 Å². The average Bonchev–Trinajstić information content (AvgIpc) is 2.06. The highest BCUT2D eigenvalue weighted by atomic mass is 15.3. The fourth-order valence-electron chi connectivity index (χ4n) is 1.47. The average molecular weight is 169 g/mol. The third-order valence-corrected chi connectivity index (χ3v) is 2.37. The van der Waals surface area contributed by atoms with E-state index in [0.29, 0.717) is 0 Å². The van der Waals surface area contributed by atoms with Crippen molar-refractivity contribution in [2.75, 3.05) is 33.2 Å². The number of likely N-dealkylation sites (N-methyl/N-ethyl adjacent to an activating group) is 1. The summed E-state index contributed by atoms with van der Waals surface area (Å²) in [6.07, 6.45) is 2.02. The molecule has 0 amide bonds. The van der Waals surface area contributed by atoms with Crippen LogP contribution in [0.5, 0.6) is 0 Å². The summed E-state index contributed by atoms with van der Waals surface area (Å²) in [5.74, 6) is 0.825. The fourth-order valence-corrected chi connectivity index (χ4v) is 1.47. The van der Waals surface area contributed by atoms with Crippen LogP contribution in [0.25, 0.3) is 0 Å². The summed E-state index contributed by atoms with van der Waals surface area (Å²) >= 11 is 0.